The van der Waals surface area contributed by atoms with Crippen LogP contribution in [0, 0.1) is 0 Å². The Labute approximate surface area is 93.3 Å². The first-order valence-corrected chi connectivity index (χ1v) is 5.71. The van der Waals surface area contributed by atoms with Crippen molar-refractivity contribution >= 4 is 5.91 Å². The smallest absolute Gasteiger partial charge is 0.239 e. The summed E-state index contributed by atoms with van der Waals surface area (Å²) in [5.74, 6) is 0.0500. The lowest BCUT2D eigenvalue weighted by atomic mass is 10.1. The fourth-order valence-electron chi connectivity index (χ4n) is 1.45. The molecule has 0 spiro atoms. The standard InChI is InChI=1S/C12H24N2O/c1-5-7-8-11(13)12(15)14(6-2)9-10(3)4/h11H,3,5-9,13H2,1-2,4H3/t11-/m0/s1. The first-order valence-electron chi connectivity index (χ1n) is 5.71. The number of hydrogen-bond acceptors (Lipinski definition) is 2. The molecule has 0 aromatic rings. The number of unbranched alkanes of at least 4 members (excludes halogenated alkanes) is 1. The van der Waals surface area contributed by atoms with Crippen LogP contribution in [-0.2, 0) is 4.79 Å². The van der Waals surface area contributed by atoms with Gasteiger partial charge >= 0.3 is 0 Å². The highest BCUT2D eigenvalue weighted by Gasteiger charge is 2.18. The summed E-state index contributed by atoms with van der Waals surface area (Å²) in [6, 6.07) is -0.343. The van der Waals surface area contributed by atoms with Crippen molar-refractivity contribution in [2.45, 2.75) is 46.1 Å². The lowest BCUT2D eigenvalue weighted by Crippen LogP contribution is -2.44. The average Bonchev–Trinajstić information content (AvgIpc) is 2.21. The number of nitrogens with two attached hydrogens (primary N) is 1. The van der Waals surface area contributed by atoms with Gasteiger partial charge in [0, 0.05) is 13.1 Å². The summed E-state index contributed by atoms with van der Waals surface area (Å²) in [4.78, 5) is 13.6. The summed E-state index contributed by atoms with van der Waals surface area (Å²) in [7, 11) is 0. The summed E-state index contributed by atoms with van der Waals surface area (Å²) >= 11 is 0. The van der Waals surface area contributed by atoms with Gasteiger partial charge in [0.2, 0.25) is 5.91 Å². The van der Waals surface area contributed by atoms with E-state index in [1.165, 1.54) is 0 Å². The Hall–Kier alpha value is -0.830. The number of carbonyl (C=O) groups excluding carboxylic acids is 1. The van der Waals surface area contributed by atoms with Gasteiger partial charge in [-0.25, -0.2) is 0 Å². The monoisotopic (exact) mass is 212 g/mol. The zero-order valence-corrected chi connectivity index (χ0v) is 10.3. The second-order valence-electron chi connectivity index (χ2n) is 4.06. The van der Waals surface area contributed by atoms with Gasteiger partial charge in [-0.3, -0.25) is 4.79 Å². The second-order valence-corrected chi connectivity index (χ2v) is 4.06. The van der Waals surface area contributed by atoms with Gasteiger partial charge in [0.1, 0.15) is 0 Å². The molecule has 3 nitrogen and oxygen atoms in total. The molecular weight excluding hydrogens is 188 g/mol. The number of carbonyl (C=O) groups is 1. The van der Waals surface area contributed by atoms with Crippen molar-refractivity contribution in [3.63, 3.8) is 0 Å². The molecule has 0 rings (SSSR count). The fraction of sp³-hybridized carbons (Fsp3) is 0.750. The maximum Gasteiger partial charge on any atom is 0.239 e. The minimum atomic E-state index is -0.343. The van der Waals surface area contributed by atoms with Crippen LogP contribution >= 0.6 is 0 Å². The molecule has 0 saturated heterocycles. The Morgan fingerprint density at radius 1 is 1.47 bits per heavy atom. The van der Waals surface area contributed by atoms with Crippen LogP contribution in [0.5, 0.6) is 0 Å². The fourth-order valence-corrected chi connectivity index (χ4v) is 1.45. The van der Waals surface area contributed by atoms with Crippen molar-refractivity contribution in [1.29, 1.82) is 0 Å². The van der Waals surface area contributed by atoms with Gasteiger partial charge in [-0.2, -0.15) is 0 Å². The van der Waals surface area contributed by atoms with Crippen molar-refractivity contribution in [2.24, 2.45) is 5.73 Å². The molecule has 0 unspecified atom stereocenters. The molecule has 0 aliphatic heterocycles. The van der Waals surface area contributed by atoms with E-state index in [0.717, 1.165) is 24.8 Å². The Bertz CT molecular complexity index is 214. The molecule has 0 aromatic carbocycles. The van der Waals surface area contributed by atoms with E-state index in [9.17, 15) is 4.79 Å². The van der Waals surface area contributed by atoms with Crippen LogP contribution in [0.1, 0.15) is 40.0 Å². The Morgan fingerprint density at radius 2 is 2.07 bits per heavy atom. The number of nitrogens with zero attached hydrogens (tertiary/aromatic N) is 1. The highest BCUT2D eigenvalue weighted by Crippen LogP contribution is 2.04. The number of hydrogen-bond donors (Lipinski definition) is 1. The number of likely N-dealkylation sites (N-methyl/N-ethyl adjacent to an activating group) is 1. The molecule has 0 bridgehead atoms. The van der Waals surface area contributed by atoms with Crippen LogP contribution in [0.2, 0.25) is 0 Å². The summed E-state index contributed by atoms with van der Waals surface area (Å²) in [5.41, 5.74) is 6.83. The summed E-state index contributed by atoms with van der Waals surface area (Å²) in [6.45, 7) is 11.1. The van der Waals surface area contributed by atoms with E-state index in [-0.39, 0.29) is 11.9 Å². The van der Waals surface area contributed by atoms with E-state index in [2.05, 4.69) is 13.5 Å². The maximum atomic E-state index is 11.9. The lowest BCUT2D eigenvalue weighted by Gasteiger charge is -2.24. The van der Waals surface area contributed by atoms with E-state index in [1.54, 1.807) is 4.90 Å². The van der Waals surface area contributed by atoms with Gasteiger partial charge in [-0.15, -0.1) is 0 Å². The molecule has 0 aliphatic rings. The predicted molar refractivity (Wildman–Crippen MR) is 64.6 cm³/mol. The molecule has 88 valence electrons. The third kappa shape index (κ3) is 5.57. The Balaban J connectivity index is 4.17. The number of rotatable bonds is 7. The summed E-state index contributed by atoms with van der Waals surface area (Å²) < 4.78 is 0. The largest absolute Gasteiger partial charge is 0.338 e. The molecule has 0 heterocycles. The Morgan fingerprint density at radius 3 is 2.47 bits per heavy atom. The van der Waals surface area contributed by atoms with Crippen LogP contribution in [0.25, 0.3) is 0 Å². The molecule has 3 heteroatoms. The zero-order valence-electron chi connectivity index (χ0n) is 10.3. The second kappa shape index (κ2) is 7.46. The summed E-state index contributed by atoms with van der Waals surface area (Å²) in [6.07, 6.45) is 2.87. The van der Waals surface area contributed by atoms with Crippen LogP contribution in [-0.4, -0.2) is 29.9 Å². The molecule has 0 fully saturated rings. The Kier molecular flexibility index (Phi) is 7.05. The molecule has 15 heavy (non-hydrogen) atoms. The van der Waals surface area contributed by atoms with E-state index in [0.29, 0.717) is 13.1 Å². The molecule has 1 amide bonds. The average molecular weight is 212 g/mol. The third-order valence-corrected chi connectivity index (χ3v) is 2.34. The molecule has 0 saturated carbocycles. The van der Waals surface area contributed by atoms with E-state index >= 15 is 0 Å². The van der Waals surface area contributed by atoms with Gasteiger partial charge in [-0.1, -0.05) is 31.9 Å². The molecule has 1 atom stereocenters. The molecular formula is C12H24N2O. The molecule has 0 radical (unpaired) electrons. The zero-order chi connectivity index (χ0) is 11.8. The predicted octanol–water partition coefficient (Wildman–Crippen LogP) is 1.93. The molecule has 2 N–H and O–H groups in total. The first kappa shape index (κ1) is 14.2. The van der Waals surface area contributed by atoms with Crippen molar-refractivity contribution in [1.82, 2.24) is 4.90 Å². The van der Waals surface area contributed by atoms with Crippen molar-refractivity contribution < 1.29 is 4.79 Å². The van der Waals surface area contributed by atoms with Gasteiger partial charge in [-0.05, 0) is 20.3 Å². The highest BCUT2D eigenvalue weighted by atomic mass is 16.2. The van der Waals surface area contributed by atoms with Gasteiger partial charge in [0.15, 0.2) is 0 Å². The van der Waals surface area contributed by atoms with Crippen molar-refractivity contribution in [3.8, 4) is 0 Å². The minimum absolute atomic E-state index is 0.0500. The van der Waals surface area contributed by atoms with E-state index < -0.39 is 0 Å². The van der Waals surface area contributed by atoms with E-state index in [1.807, 2.05) is 13.8 Å². The SMILES string of the molecule is C=C(C)CN(CC)C(=O)[C@@H](N)CCCC. The van der Waals surface area contributed by atoms with E-state index in [4.69, 9.17) is 5.73 Å². The summed E-state index contributed by atoms with van der Waals surface area (Å²) in [5, 5.41) is 0. The maximum absolute atomic E-state index is 11.9. The topological polar surface area (TPSA) is 46.3 Å². The minimum Gasteiger partial charge on any atom is -0.338 e. The van der Waals surface area contributed by atoms with Gasteiger partial charge in [0.25, 0.3) is 0 Å². The van der Waals surface area contributed by atoms with Crippen LogP contribution in [0.15, 0.2) is 12.2 Å². The van der Waals surface area contributed by atoms with Crippen LogP contribution < -0.4 is 5.73 Å². The van der Waals surface area contributed by atoms with Crippen LogP contribution in [0.4, 0.5) is 0 Å². The normalized spacial score (nSPS) is 12.3. The third-order valence-electron chi connectivity index (χ3n) is 2.34. The van der Waals surface area contributed by atoms with Crippen molar-refractivity contribution in [2.75, 3.05) is 13.1 Å². The molecule has 0 aromatic heterocycles. The van der Waals surface area contributed by atoms with Gasteiger partial charge in [0.05, 0.1) is 6.04 Å². The van der Waals surface area contributed by atoms with Crippen LogP contribution in [0.3, 0.4) is 0 Å². The molecule has 0 aliphatic carbocycles. The lowest BCUT2D eigenvalue weighted by molar-refractivity contribution is -0.132. The van der Waals surface area contributed by atoms with Gasteiger partial charge < -0.3 is 10.6 Å². The van der Waals surface area contributed by atoms with Crippen molar-refractivity contribution in [3.05, 3.63) is 12.2 Å². The number of amides is 1. The highest BCUT2D eigenvalue weighted by molar-refractivity contribution is 5.81. The quantitative estimate of drug-likeness (QED) is 0.655. The first-order chi connectivity index (χ1) is 7.02.